The fraction of sp³-hybridized carbons (Fsp3) is 0. The highest BCUT2D eigenvalue weighted by Crippen LogP contribution is 2.49. The molecule has 0 spiro atoms. The molecular weight excluding hydrogens is 476 g/mol. The van der Waals surface area contributed by atoms with E-state index in [9.17, 15) is 0 Å². The largest absolute Gasteiger partial charge is 0.456 e. The second kappa shape index (κ2) is 8.64. The lowest BCUT2D eigenvalue weighted by Crippen LogP contribution is -2.00. The predicted molar refractivity (Wildman–Crippen MR) is 159 cm³/mol. The van der Waals surface area contributed by atoms with Crippen LogP contribution in [0.5, 0.6) is 11.5 Å². The summed E-state index contributed by atoms with van der Waals surface area (Å²) >= 11 is 0. The number of fused-ring (bicyclic) bond motifs is 3. The van der Waals surface area contributed by atoms with Gasteiger partial charge in [0.2, 0.25) is 0 Å². The van der Waals surface area contributed by atoms with Gasteiger partial charge in [0.15, 0.2) is 5.82 Å². The topological polar surface area (TPSA) is 35.0 Å². The second-order valence-corrected chi connectivity index (χ2v) is 9.80. The van der Waals surface area contributed by atoms with E-state index in [-0.39, 0.29) is 0 Å². The Morgan fingerprint density at radius 3 is 2.00 bits per heavy atom. The van der Waals surface area contributed by atoms with Crippen LogP contribution in [0.3, 0.4) is 0 Å². The van der Waals surface area contributed by atoms with E-state index in [0.29, 0.717) is 5.82 Å². The lowest BCUT2D eigenvalue weighted by atomic mass is 9.91. The summed E-state index contributed by atoms with van der Waals surface area (Å²) in [4.78, 5) is 10.2. The van der Waals surface area contributed by atoms with Crippen molar-refractivity contribution in [3.05, 3.63) is 133 Å². The molecule has 0 bridgehead atoms. The van der Waals surface area contributed by atoms with Gasteiger partial charge in [-0.3, -0.25) is 0 Å². The molecule has 2 heterocycles. The molecule has 0 saturated carbocycles. The first-order valence-corrected chi connectivity index (χ1v) is 13.1. The van der Waals surface area contributed by atoms with Gasteiger partial charge in [0.25, 0.3) is 0 Å². The third-order valence-electron chi connectivity index (χ3n) is 7.49. The first kappa shape index (κ1) is 21.8. The average Bonchev–Trinajstić information content (AvgIpc) is 3.01. The van der Waals surface area contributed by atoms with Crippen molar-refractivity contribution >= 4 is 21.7 Å². The van der Waals surface area contributed by atoms with Crippen molar-refractivity contribution in [3.63, 3.8) is 0 Å². The lowest BCUT2D eigenvalue weighted by molar-refractivity contribution is 0.487. The van der Waals surface area contributed by atoms with Crippen LogP contribution in [0.2, 0.25) is 0 Å². The summed E-state index contributed by atoms with van der Waals surface area (Å²) in [7, 11) is 0. The molecule has 6 aromatic carbocycles. The van der Waals surface area contributed by atoms with E-state index in [4.69, 9.17) is 14.7 Å². The number of ether oxygens (including phenoxy) is 1. The molecule has 0 saturated heterocycles. The summed E-state index contributed by atoms with van der Waals surface area (Å²) in [6, 6.07) is 46.0. The molecule has 39 heavy (non-hydrogen) atoms. The Morgan fingerprint density at radius 2 is 1.15 bits per heavy atom. The fourth-order valence-electron chi connectivity index (χ4n) is 5.65. The molecule has 0 atom stereocenters. The monoisotopic (exact) mass is 498 g/mol. The molecule has 3 nitrogen and oxygen atoms in total. The van der Waals surface area contributed by atoms with Gasteiger partial charge >= 0.3 is 0 Å². The Morgan fingerprint density at radius 1 is 0.436 bits per heavy atom. The Kier molecular flexibility index (Phi) is 4.82. The van der Waals surface area contributed by atoms with Gasteiger partial charge in [0.05, 0.1) is 11.2 Å². The highest BCUT2D eigenvalue weighted by atomic mass is 16.5. The van der Waals surface area contributed by atoms with E-state index in [0.717, 1.165) is 66.7 Å². The van der Waals surface area contributed by atoms with Crippen molar-refractivity contribution in [1.29, 1.82) is 0 Å². The van der Waals surface area contributed by atoms with Crippen LogP contribution < -0.4 is 4.74 Å². The first-order chi connectivity index (χ1) is 19.3. The summed E-state index contributed by atoms with van der Waals surface area (Å²) in [6.07, 6.45) is 0. The minimum absolute atomic E-state index is 0.710. The molecule has 7 aromatic rings. The van der Waals surface area contributed by atoms with E-state index >= 15 is 0 Å². The SMILES string of the molecule is c1ccc(-c2ccc3c(c2)Oc2ccc(-c4nc(-c5ccccc5)c5ccccc5n4)c4cccc-3c24)cc1. The number of benzene rings is 6. The van der Waals surface area contributed by atoms with E-state index in [1.807, 2.05) is 36.4 Å². The Hall–Kier alpha value is -5.28. The minimum atomic E-state index is 0.710. The molecule has 182 valence electrons. The summed E-state index contributed by atoms with van der Waals surface area (Å²) < 4.78 is 6.53. The van der Waals surface area contributed by atoms with Gasteiger partial charge in [-0.05, 0) is 52.4 Å². The zero-order valence-electron chi connectivity index (χ0n) is 21.0. The van der Waals surface area contributed by atoms with Crippen molar-refractivity contribution in [2.75, 3.05) is 0 Å². The van der Waals surface area contributed by atoms with Crippen molar-refractivity contribution in [1.82, 2.24) is 9.97 Å². The Bertz CT molecular complexity index is 2030. The quantitative estimate of drug-likeness (QED) is 0.243. The second-order valence-electron chi connectivity index (χ2n) is 9.80. The summed E-state index contributed by atoms with van der Waals surface area (Å²) in [6.45, 7) is 0. The van der Waals surface area contributed by atoms with E-state index in [1.165, 1.54) is 5.56 Å². The summed E-state index contributed by atoms with van der Waals surface area (Å²) in [5, 5.41) is 3.21. The Labute approximate surface area is 226 Å². The maximum Gasteiger partial charge on any atom is 0.161 e. The van der Waals surface area contributed by atoms with Crippen LogP contribution in [-0.2, 0) is 0 Å². The number of rotatable bonds is 3. The van der Waals surface area contributed by atoms with E-state index in [2.05, 4.69) is 97.1 Å². The van der Waals surface area contributed by atoms with Crippen LogP contribution >= 0.6 is 0 Å². The van der Waals surface area contributed by atoms with Gasteiger partial charge in [-0.25, -0.2) is 9.97 Å². The standard InChI is InChI=1S/C36H22N2O/c1-3-10-23(11-4-1)25-18-19-26-27-15-9-16-28-29(20-21-32(34(27)28)39-33(26)22-25)36-37-31-17-8-7-14-30(31)35(38-36)24-12-5-2-6-13-24/h1-22H. The normalized spacial score (nSPS) is 11.8. The van der Waals surface area contributed by atoms with Gasteiger partial charge < -0.3 is 4.74 Å². The maximum atomic E-state index is 6.53. The molecule has 0 radical (unpaired) electrons. The third-order valence-corrected chi connectivity index (χ3v) is 7.49. The van der Waals surface area contributed by atoms with E-state index < -0.39 is 0 Å². The van der Waals surface area contributed by atoms with Crippen LogP contribution in [0, 0.1) is 0 Å². The number of hydrogen-bond donors (Lipinski definition) is 0. The molecule has 0 aliphatic carbocycles. The van der Waals surface area contributed by atoms with Crippen molar-refractivity contribution in [3.8, 4) is 56.4 Å². The van der Waals surface area contributed by atoms with Gasteiger partial charge in [-0.1, -0.05) is 103 Å². The molecule has 0 unspecified atom stereocenters. The summed E-state index contributed by atoms with van der Waals surface area (Å²) in [5.41, 5.74) is 8.50. The molecular formula is C36H22N2O. The van der Waals surface area contributed by atoms with Gasteiger partial charge in [-0.15, -0.1) is 0 Å². The third kappa shape index (κ3) is 3.52. The lowest BCUT2D eigenvalue weighted by Gasteiger charge is -2.23. The Balaban J connectivity index is 1.33. The van der Waals surface area contributed by atoms with Crippen molar-refractivity contribution < 1.29 is 4.74 Å². The van der Waals surface area contributed by atoms with Crippen LogP contribution in [0.15, 0.2) is 133 Å². The molecule has 1 aromatic heterocycles. The molecule has 1 aliphatic heterocycles. The molecule has 1 aliphatic rings. The van der Waals surface area contributed by atoms with Crippen molar-refractivity contribution in [2.45, 2.75) is 0 Å². The highest BCUT2D eigenvalue weighted by Gasteiger charge is 2.23. The summed E-state index contributed by atoms with van der Waals surface area (Å²) in [5.74, 6) is 2.44. The fourth-order valence-corrected chi connectivity index (χ4v) is 5.65. The number of hydrogen-bond acceptors (Lipinski definition) is 3. The van der Waals surface area contributed by atoms with Crippen LogP contribution in [0.25, 0.3) is 66.6 Å². The highest BCUT2D eigenvalue weighted by molar-refractivity contribution is 6.10. The smallest absolute Gasteiger partial charge is 0.161 e. The van der Waals surface area contributed by atoms with Crippen molar-refractivity contribution in [2.24, 2.45) is 0 Å². The van der Waals surface area contributed by atoms with Gasteiger partial charge in [0, 0.05) is 27.5 Å². The van der Waals surface area contributed by atoms with Crippen LogP contribution in [0.4, 0.5) is 0 Å². The number of nitrogens with zero attached hydrogens (tertiary/aromatic N) is 2. The molecule has 8 rings (SSSR count). The first-order valence-electron chi connectivity index (χ1n) is 13.1. The molecule has 3 heteroatoms. The number of para-hydroxylation sites is 1. The van der Waals surface area contributed by atoms with Crippen LogP contribution in [0.1, 0.15) is 0 Å². The molecule has 0 amide bonds. The zero-order chi connectivity index (χ0) is 25.8. The van der Waals surface area contributed by atoms with Gasteiger partial charge in [0.1, 0.15) is 11.5 Å². The minimum Gasteiger partial charge on any atom is -0.456 e. The predicted octanol–water partition coefficient (Wildman–Crippen LogP) is 9.56. The maximum absolute atomic E-state index is 6.53. The zero-order valence-corrected chi connectivity index (χ0v) is 21.0. The number of aromatic nitrogens is 2. The van der Waals surface area contributed by atoms with Crippen LogP contribution in [-0.4, -0.2) is 9.97 Å². The molecule has 0 N–H and O–H groups in total. The van der Waals surface area contributed by atoms with Gasteiger partial charge in [-0.2, -0.15) is 0 Å². The molecule has 0 fully saturated rings. The van der Waals surface area contributed by atoms with E-state index in [1.54, 1.807) is 0 Å². The average molecular weight is 499 g/mol.